The maximum absolute atomic E-state index is 12.9. The molecule has 0 bridgehead atoms. The molecular weight excluding hydrogens is 901 g/mol. The second kappa shape index (κ2) is 62.2. The van der Waals surface area contributed by atoms with Gasteiger partial charge in [-0.25, -0.2) is 0 Å². The van der Waals surface area contributed by atoms with Crippen LogP contribution in [0.2, 0.25) is 0 Å². The van der Waals surface area contributed by atoms with Crippen LogP contribution in [0.25, 0.3) is 0 Å². The van der Waals surface area contributed by atoms with Gasteiger partial charge < -0.3 is 14.2 Å². The third kappa shape index (κ3) is 60.4. The molecule has 428 valence electrons. The van der Waals surface area contributed by atoms with Crippen molar-refractivity contribution in [3.63, 3.8) is 0 Å². The molecule has 0 amide bonds. The quantitative estimate of drug-likeness (QED) is 0.0261. The fourth-order valence-electron chi connectivity index (χ4n) is 9.75. The van der Waals surface area contributed by atoms with E-state index in [1.807, 2.05) is 0 Å². The third-order valence-corrected chi connectivity index (χ3v) is 14.6. The number of unbranched alkanes of at least 4 members (excludes halogenated alkanes) is 43. The summed E-state index contributed by atoms with van der Waals surface area (Å²) in [7, 11) is 0. The molecule has 1 atom stereocenters. The smallest absolute Gasteiger partial charge is 0.306 e. The highest BCUT2D eigenvalue weighted by Crippen LogP contribution is 2.18. The molecule has 0 spiro atoms. The average Bonchev–Trinajstić information content (AvgIpc) is 3.39. The zero-order valence-corrected chi connectivity index (χ0v) is 49.2. The standard InChI is InChI=1S/C67H124O6/c1-4-7-10-13-16-19-22-25-28-31-32-33-34-37-39-42-45-48-51-54-57-60-66(69)72-63-64(73-67(70)61-58-55-52-49-46-43-40-36-30-27-24-21-18-15-12-9-6-3)62-71-65(68)59-56-53-50-47-44-41-38-35-29-26-23-20-17-14-11-8-5-2/h22,25,31-32,34,37,64H,4-21,23-24,26-30,33,35-36,38-63H2,1-3H3/b25-22-,32-31-,37-34-. The van der Waals surface area contributed by atoms with Crippen LogP contribution < -0.4 is 0 Å². The average molecular weight is 1030 g/mol. The summed E-state index contributed by atoms with van der Waals surface area (Å²) in [5, 5.41) is 0. The lowest BCUT2D eigenvalue weighted by atomic mass is 10.0. The molecule has 0 fully saturated rings. The summed E-state index contributed by atoms with van der Waals surface area (Å²) < 4.78 is 17.0. The van der Waals surface area contributed by atoms with Gasteiger partial charge in [0.2, 0.25) is 0 Å². The van der Waals surface area contributed by atoms with Crippen LogP contribution in [0.3, 0.4) is 0 Å². The first-order valence-electron chi connectivity index (χ1n) is 32.5. The minimum absolute atomic E-state index is 0.0707. The minimum atomic E-state index is -0.774. The van der Waals surface area contributed by atoms with Gasteiger partial charge in [-0.3, -0.25) is 14.4 Å². The Morgan fingerprint density at radius 1 is 0.274 bits per heavy atom. The molecule has 0 aromatic carbocycles. The lowest BCUT2D eigenvalue weighted by molar-refractivity contribution is -0.167. The largest absolute Gasteiger partial charge is 0.462 e. The zero-order chi connectivity index (χ0) is 52.9. The molecule has 6 heteroatoms. The highest BCUT2D eigenvalue weighted by molar-refractivity contribution is 5.71. The lowest BCUT2D eigenvalue weighted by Crippen LogP contribution is -2.30. The van der Waals surface area contributed by atoms with Crippen molar-refractivity contribution < 1.29 is 28.6 Å². The number of carbonyl (C=O) groups is 3. The van der Waals surface area contributed by atoms with E-state index in [9.17, 15) is 14.4 Å². The van der Waals surface area contributed by atoms with Gasteiger partial charge in [0, 0.05) is 19.3 Å². The van der Waals surface area contributed by atoms with E-state index < -0.39 is 6.10 Å². The minimum Gasteiger partial charge on any atom is -0.462 e. The second-order valence-electron chi connectivity index (χ2n) is 22.0. The first-order chi connectivity index (χ1) is 36.0. The van der Waals surface area contributed by atoms with Crippen molar-refractivity contribution in [2.45, 2.75) is 361 Å². The van der Waals surface area contributed by atoms with Crippen LogP contribution >= 0.6 is 0 Å². The molecule has 0 aliphatic rings. The summed E-state index contributed by atoms with van der Waals surface area (Å²) in [4.78, 5) is 38.3. The van der Waals surface area contributed by atoms with Crippen LogP contribution in [-0.4, -0.2) is 37.2 Å². The van der Waals surface area contributed by atoms with Gasteiger partial charge in [-0.1, -0.05) is 314 Å². The van der Waals surface area contributed by atoms with E-state index in [2.05, 4.69) is 57.2 Å². The van der Waals surface area contributed by atoms with Crippen molar-refractivity contribution in [2.24, 2.45) is 0 Å². The van der Waals surface area contributed by atoms with E-state index in [0.29, 0.717) is 19.3 Å². The van der Waals surface area contributed by atoms with E-state index in [4.69, 9.17) is 14.2 Å². The molecule has 0 rings (SSSR count). The molecule has 73 heavy (non-hydrogen) atoms. The van der Waals surface area contributed by atoms with E-state index >= 15 is 0 Å². The van der Waals surface area contributed by atoms with Crippen LogP contribution in [-0.2, 0) is 28.6 Å². The number of allylic oxidation sites excluding steroid dienone is 6. The molecule has 0 aromatic heterocycles. The van der Waals surface area contributed by atoms with Crippen LogP contribution in [0.4, 0.5) is 0 Å². The SMILES string of the molecule is CCCCCCC/C=C\C/C=C\C/C=C\CCCCCCCCC(=O)OCC(COC(=O)CCCCCCCCCCCCCCCCCCC)OC(=O)CCCCCCCCCCCCCCCCCCC. The van der Waals surface area contributed by atoms with Crippen LogP contribution in [0.15, 0.2) is 36.5 Å². The van der Waals surface area contributed by atoms with Crippen molar-refractivity contribution in [3.05, 3.63) is 36.5 Å². The molecular formula is C67H124O6. The summed E-state index contributed by atoms with van der Waals surface area (Å²) in [5.74, 6) is -0.857. The summed E-state index contributed by atoms with van der Waals surface area (Å²) >= 11 is 0. The Balaban J connectivity index is 4.34. The summed E-state index contributed by atoms with van der Waals surface area (Å²) in [6.07, 6.45) is 75.7. The van der Waals surface area contributed by atoms with Crippen molar-refractivity contribution in [2.75, 3.05) is 13.2 Å². The third-order valence-electron chi connectivity index (χ3n) is 14.6. The Morgan fingerprint density at radius 2 is 0.493 bits per heavy atom. The first kappa shape index (κ1) is 70.6. The first-order valence-corrected chi connectivity index (χ1v) is 32.5. The molecule has 0 aliphatic heterocycles. The van der Waals surface area contributed by atoms with Gasteiger partial charge in [-0.2, -0.15) is 0 Å². The van der Waals surface area contributed by atoms with Gasteiger partial charge in [-0.15, -0.1) is 0 Å². The Morgan fingerprint density at radius 3 is 0.767 bits per heavy atom. The van der Waals surface area contributed by atoms with E-state index in [1.54, 1.807) is 0 Å². The van der Waals surface area contributed by atoms with Gasteiger partial charge in [-0.05, 0) is 57.8 Å². The van der Waals surface area contributed by atoms with Crippen LogP contribution in [0.5, 0.6) is 0 Å². The Hall–Kier alpha value is -2.37. The van der Waals surface area contributed by atoms with Gasteiger partial charge in [0.05, 0.1) is 0 Å². The van der Waals surface area contributed by atoms with Crippen LogP contribution in [0, 0.1) is 0 Å². The van der Waals surface area contributed by atoms with Crippen molar-refractivity contribution in [3.8, 4) is 0 Å². The molecule has 0 saturated heterocycles. The van der Waals surface area contributed by atoms with Crippen molar-refractivity contribution in [1.82, 2.24) is 0 Å². The number of esters is 3. The Kier molecular flexibility index (Phi) is 60.2. The number of carbonyl (C=O) groups excluding carboxylic acids is 3. The number of hydrogen-bond acceptors (Lipinski definition) is 6. The number of rotatable bonds is 60. The fourth-order valence-corrected chi connectivity index (χ4v) is 9.75. The molecule has 0 aliphatic carbocycles. The lowest BCUT2D eigenvalue weighted by Gasteiger charge is -2.18. The normalized spacial score (nSPS) is 12.2. The monoisotopic (exact) mass is 1020 g/mol. The molecule has 0 aromatic rings. The maximum atomic E-state index is 12.9. The highest BCUT2D eigenvalue weighted by Gasteiger charge is 2.19. The fraction of sp³-hybridized carbons (Fsp3) is 0.866. The van der Waals surface area contributed by atoms with Crippen molar-refractivity contribution in [1.29, 1.82) is 0 Å². The topological polar surface area (TPSA) is 78.9 Å². The van der Waals surface area contributed by atoms with Crippen LogP contribution in [0.1, 0.15) is 355 Å². The van der Waals surface area contributed by atoms with E-state index in [-0.39, 0.29) is 31.1 Å². The van der Waals surface area contributed by atoms with Gasteiger partial charge in [0.1, 0.15) is 13.2 Å². The second-order valence-corrected chi connectivity index (χ2v) is 22.0. The van der Waals surface area contributed by atoms with E-state index in [1.165, 1.54) is 238 Å². The summed E-state index contributed by atoms with van der Waals surface area (Å²) in [5.41, 5.74) is 0. The van der Waals surface area contributed by atoms with Crippen molar-refractivity contribution >= 4 is 17.9 Å². The van der Waals surface area contributed by atoms with Gasteiger partial charge in [0.15, 0.2) is 6.10 Å². The number of ether oxygens (including phenoxy) is 3. The number of hydrogen-bond donors (Lipinski definition) is 0. The molecule has 0 saturated carbocycles. The predicted molar refractivity (Wildman–Crippen MR) is 316 cm³/mol. The molecule has 6 nitrogen and oxygen atoms in total. The Bertz CT molecular complexity index is 1220. The highest BCUT2D eigenvalue weighted by atomic mass is 16.6. The summed E-state index contributed by atoms with van der Waals surface area (Å²) in [6.45, 7) is 6.69. The molecule has 0 radical (unpaired) electrons. The zero-order valence-electron chi connectivity index (χ0n) is 49.2. The molecule has 0 heterocycles. The maximum Gasteiger partial charge on any atom is 0.306 e. The van der Waals surface area contributed by atoms with Gasteiger partial charge >= 0.3 is 17.9 Å². The van der Waals surface area contributed by atoms with E-state index in [0.717, 1.165) is 77.0 Å². The summed E-state index contributed by atoms with van der Waals surface area (Å²) in [6, 6.07) is 0. The molecule has 0 N–H and O–H groups in total. The Labute approximate surface area is 455 Å². The predicted octanol–water partition coefficient (Wildman–Crippen LogP) is 22.0. The van der Waals surface area contributed by atoms with Gasteiger partial charge in [0.25, 0.3) is 0 Å². The molecule has 1 unspecified atom stereocenters.